The zero-order valence-electron chi connectivity index (χ0n) is 12.5. The van der Waals surface area contributed by atoms with Crippen LogP contribution in [0.2, 0.25) is 0 Å². The van der Waals surface area contributed by atoms with Gasteiger partial charge in [0.1, 0.15) is 5.75 Å². The number of ether oxygens (including phenoxy) is 1. The first-order valence-electron chi connectivity index (χ1n) is 7.48. The van der Waals surface area contributed by atoms with Crippen LogP contribution in [-0.4, -0.2) is 33.4 Å². The maximum Gasteiger partial charge on any atom is 0.176 e. The second kappa shape index (κ2) is 6.22. The van der Waals surface area contributed by atoms with Crippen LogP contribution in [0.4, 0.5) is 0 Å². The molecule has 1 aromatic carbocycles. The summed E-state index contributed by atoms with van der Waals surface area (Å²) in [6.45, 7) is 3.93. The van der Waals surface area contributed by atoms with Crippen LogP contribution < -0.4 is 10.1 Å². The maximum atomic E-state index is 5.58. The molecule has 0 aliphatic carbocycles. The summed E-state index contributed by atoms with van der Waals surface area (Å²) >= 11 is 0. The number of benzene rings is 1. The van der Waals surface area contributed by atoms with Crippen molar-refractivity contribution in [1.29, 1.82) is 0 Å². The molecule has 0 saturated carbocycles. The van der Waals surface area contributed by atoms with Crippen molar-refractivity contribution >= 4 is 0 Å². The number of tetrazole rings is 1. The fourth-order valence-electron chi connectivity index (χ4n) is 2.64. The van der Waals surface area contributed by atoms with E-state index in [-0.39, 0.29) is 6.04 Å². The molecule has 1 unspecified atom stereocenters. The van der Waals surface area contributed by atoms with Gasteiger partial charge in [0, 0.05) is 18.9 Å². The van der Waals surface area contributed by atoms with E-state index in [0.29, 0.717) is 0 Å². The Balaban J connectivity index is 1.80. The number of hydrogen-bond donors (Lipinski definition) is 1. The average Bonchev–Trinajstić information content (AvgIpc) is 3.11. The third-order valence-electron chi connectivity index (χ3n) is 3.69. The predicted molar refractivity (Wildman–Crippen MR) is 79.2 cm³/mol. The molecule has 0 fully saturated rings. The van der Waals surface area contributed by atoms with E-state index in [1.54, 1.807) is 7.05 Å². The Morgan fingerprint density at radius 3 is 3.10 bits per heavy atom. The minimum Gasteiger partial charge on any atom is -0.493 e. The molecule has 2 aromatic rings. The second-order valence-corrected chi connectivity index (χ2v) is 5.37. The van der Waals surface area contributed by atoms with E-state index in [4.69, 9.17) is 4.74 Å². The van der Waals surface area contributed by atoms with E-state index >= 15 is 0 Å². The largest absolute Gasteiger partial charge is 0.493 e. The molecule has 1 aliphatic heterocycles. The summed E-state index contributed by atoms with van der Waals surface area (Å²) < 4.78 is 5.58. The molecule has 0 amide bonds. The van der Waals surface area contributed by atoms with Gasteiger partial charge in [-0.15, -0.1) is 10.2 Å². The SMILES string of the molecule is CCCNC(Cc1nnn(C)n1)c1ccc2c(c1)CCO2. The van der Waals surface area contributed by atoms with Crippen LogP contribution in [0.25, 0.3) is 0 Å². The van der Waals surface area contributed by atoms with Crippen LogP contribution in [0.15, 0.2) is 18.2 Å². The van der Waals surface area contributed by atoms with Crippen LogP contribution in [0.3, 0.4) is 0 Å². The van der Waals surface area contributed by atoms with Gasteiger partial charge >= 0.3 is 0 Å². The standard InChI is InChI=1S/C15H21N5O/c1-3-7-16-13(10-15-17-19-20(2)18-15)11-4-5-14-12(9-11)6-8-21-14/h4-5,9,13,16H,3,6-8,10H2,1-2H3. The van der Waals surface area contributed by atoms with Crippen molar-refractivity contribution < 1.29 is 4.74 Å². The molecule has 112 valence electrons. The lowest BCUT2D eigenvalue weighted by Gasteiger charge is -2.18. The van der Waals surface area contributed by atoms with Gasteiger partial charge in [-0.05, 0) is 35.4 Å². The molecule has 6 heteroatoms. The predicted octanol–water partition coefficient (Wildman–Crippen LogP) is 1.43. The minimum atomic E-state index is 0.208. The Labute approximate surface area is 124 Å². The van der Waals surface area contributed by atoms with Gasteiger partial charge in [-0.25, -0.2) is 0 Å². The molecule has 1 aromatic heterocycles. The van der Waals surface area contributed by atoms with Gasteiger partial charge in [-0.2, -0.15) is 4.80 Å². The number of hydrogen-bond acceptors (Lipinski definition) is 5. The Kier molecular flexibility index (Phi) is 4.15. The van der Waals surface area contributed by atoms with Gasteiger partial charge in [-0.1, -0.05) is 19.1 Å². The Hall–Kier alpha value is -1.95. The molecule has 1 atom stereocenters. The molecule has 1 aliphatic rings. The number of aryl methyl sites for hydroxylation is 1. The van der Waals surface area contributed by atoms with Crippen molar-refractivity contribution in [3.63, 3.8) is 0 Å². The van der Waals surface area contributed by atoms with E-state index in [1.807, 2.05) is 0 Å². The number of fused-ring (bicyclic) bond motifs is 1. The number of aromatic nitrogens is 4. The highest BCUT2D eigenvalue weighted by Crippen LogP contribution is 2.29. The average molecular weight is 287 g/mol. The van der Waals surface area contributed by atoms with Crippen LogP contribution in [-0.2, 0) is 19.9 Å². The molecule has 0 spiro atoms. The van der Waals surface area contributed by atoms with Crippen molar-refractivity contribution in [2.24, 2.45) is 7.05 Å². The first kappa shape index (κ1) is 14.0. The minimum absolute atomic E-state index is 0.208. The molecule has 0 bridgehead atoms. The zero-order valence-corrected chi connectivity index (χ0v) is 12.5. The van der Waals surface area contributed by atoms with Gasteiger partial charge in [0.05, 0.1) is 13.7 Å². The molecule has 2 heterocycles. The van der Waals surface area contributed by atoms with Crippen molar-refractivity contribution in [2.75, 3.05) is 13.2 Å². The normalized spacial score (nSPS) is 14.8. The fraction of sp³-hybridized carbons (Fsp3) is 0.533. The number of rotatable bonds is 6. The van der Waals surface area contributed by atoms with Crippen molar-refractivity contribution in [3.05, 3.63) is 35.2 Å². The molecular weight excluding hydrogens is 266 g/mol. The quantitative estimate of drug-likeness (QED) is 0.870. The van der Waals surface area contributed by atoms with Gasteiger partial charge in [0.25, 0.3) is 0 Å². The van der Waals surface area contributed by atoms with E-state index in [1.165, 1.54) is 15.9 Å². The molecule has 1 N–H and O–H groups in total. The van der Waals surface area contributed by atoms with Crippen molar-refractivity contribution in [3.8, 4) is 5.75 Å². The lowest BCUT2D eigenvalue weighted by atomic mass is 10.00. The summed E-state index contributed by atoms with van der Waals surface area (Å²) in [7, 11) is 1.79. The molecule has 0 radical (unpaired) electrons. The highest BCUT2D eigenvalue weighted by Gasteiger charge is 2.18. The van der Waals surface area contributed by atoms with E-state index in [9.17, 15) is 0 Å². The number of nitrogens with zero attached hydrogens (tertiary/aromatic N) is 4. The Morgan fingerprint density at radius 2 is 2.33 bits per heavy atom. The first-order valence-corrected chi connectivity index (χ1v) is 7.48. The Morgan fingerprint density at radius 1 is 1.43 bits per heavy atom. The van der Waals surface area contributed by atoms with E-state index in [0.717, 1.165) is 44.0 Å². The van der Waals surface area contributed by atoms with Crippen LogP contribution in [0.5, 0.6) is 5.75 Å². The first-order chi connectivity index (χ1) is 10.3. The third kappa shape index (κ3) is 3.21. The number of nitrogens with one attached hydrogen (secondary N) is 1. The van der Waals surface area contributed by atoms with Crippen LogP contribution in [0, 0.1) is 0 Å². The van der Waals surface area contributed by atoms with Crippen LogP contribution >= 0.6 is 0 Å². The van der Waals surface area contributed by atoms with Crippen LogP contribution in [0.1, 0.15) is 36.3 Å². The molecule has 0 saturated heterocycles. The van der Waals surface area contributed by atoms with Gasteiger partial charge in [0.2, 0.25) is 0 Å². The molecule has 21 heavy (non-hydrogen) atoms. The summed E-state index contributed by atoms with van der Waals surface area (Å²) in [4.78, 5) is 1.50. The summed E-state index contributed by atoms with van der Waals surface area (Å²) in [5.41, 5.74) is 2.56. The highest BCUT2D eigenvalue weighted by atomic mass is 16.5. The summed E-state index contributed by atoms with van der Waals surface area (Å²) in [6, 6.07) is 6.66. The molecular formula is C15H21N5O. The maximum absolute atomic E-state index is 5.58. The smallest absolute Gasteiger partial charge is 0.176 e. The highest BCUT2D eigenvalue weighted by molar-refractivity contribution is 5.41. The Bertz CT molecular complexity index is 610. The van der Waals surface area contributed by atoms with E-state index in [2.05, 4.69) is 45.9 Å². The molecule has 6 nitrogen and oxygen atoms in total. The lowest BCUT2D eigenvalue weighted by Crippen LogP contribution is -2.24. The van der Waals surface area contributed by atoms with E-state index < -0.39 is 0 Å². The van der Waals surface area contributed by atoms with Gasteiger partial charge in [0.15, 0.2) is 5.82 Å². The lowest BCUT2D eigenvalue weighted by molar-refractivity contribution is 0.356. The monoisotopic (exact) mass is 287 g/mol. The summed E-state index contributed by atoms with van der Waals surface area (Å²) in [5.74, 6) is 1.79. The molecule has 3 rings (SSSR count). The van der Waals surface area contributed by atoms with Gasteiger partial charge in [-0.3, -0.25) is 0 Å². The van der Waals surface area contributed by atoms with Crippen molar-refractivity contribution in [1.82, 2.24) is 25.5 Å². The van der Waals surface area contributed by atoms with Crippen molar-refractivity contribution in [2.45, 2.75) is 32.2 Å². The van der Waals surface area contributed by atoms with Gasteiger partial charge < -0.3 is 10.1 Å². The second-order valence-electron chi connectivity index (χ2n) is 5.37. The zero-order chi connectivity index (χ0) is 14.7. The third-order valence-corrected chi connectivity index (χ3v) is 3.69. The topological polar surface area (TPSA) is 64.9 Å². The fourth-order valence-corrected chi connectivity index (χ4v) is 2.64. The summed E-state index contributed by atoms with van der Waals surface area (Å²) in [6.07, 6.45) is 2.83. The summed E-state index contributed by atoms with van der Waals surface area (Å²) in [5, 5.41) is 15.9.